The Morgan fingerprint density at radius 1 is 1.54 bits per heavy atom. The molecule has 0 aliphatic carbocycles. The summed E-state index contributed by atoms with van der Waals surface area (Å²) >= 11 is 4.94. The van der Waals surface area contributed by atoms with Gasteiger partial charge in [-0.05, 0) is 35.9 Å². The quantitative estimate of drug-likeness (QED) is 0.360. The Bertz CT molecular complexity index is 263. The smallest absolute Gasteiger partial charge is 0.00399 e. The monoisotopic (exact) mass is 192 g/mol. The third-order valence-corrected chi connectivity index (χ3v) is 1.68. The van der Waals surface area contributed by atoms with Gasteiger partial charge in [-0.25, -0.2) is 0 Å². The van der Waals surface area contributed by atoms with E-state index in [2.05, 4.69) is 19.2 Å². The minimum Gasteiger partial charge on any atom is -0.125 e. The first kappa shape index (κ1) is 12.1. The van der Waals surface area contributed by atoms with Crippen LogP contribution in [0.1, 0.15) is 26.7 Å². The average molecular weight is 192 g/mol. The molecule has 0 aromatic rings. The maximum atomic E-state index is 4.94. The van der Waals surface area contributed by atoms with Gasteiger partial charge in [0.05, 0.1) is 0 Å². The van der Waals surface area contributed by atoms with Crippen molar-refractivity contribution in [1.29, 1.82) is 0 Å². The lowest BCUT2D eigenvalue weighted by molar-refractivity contribution is 1.15. The number of allylic oxidation sites excluding steroid dienone is 4. The van der Waals surface area contributed by atoms with Gasteiger partial charge in [0.2, 0.25) is 0 Å². The van der Waals surface area contributed by atoms with Gasteiger partial charge in [0.25, 0.3) is 0 Å². The highest BCUT2D eigenvalue weighted by Gasteiger charge is 1.83. The van der Waals surface area contributed by atoms with E-state index < -0.39 is 0 Å². The minimum atomic E-state index is 0.830. The van der Waals surface area contributed by atoms with Crippen molar-refractivity contribution in [2.45, 2.75) is 26.7 Å². The van der Waals surface area contributed by atoms with Crippen molar-refractivity contribution in [3.63, 3.8) is 0 Å². The van der Waals surface area contributed by atoms with Gasteiger partial charge in [-0.15, -0.1) is 5.73 Å². The molecule has 70 valence electrons. The Kier molecular flexibility index (Phi) is 7.18. The number of rotatable bonds is 5. The highest BCUT2D eigenvalue weighted by molar-refractivity contribution is 7.80. The van der Waals surface area contributed by atoms with Crippen molar-refractivity contribution in [2.24, 2.45) is 0 Å². The second-order valence-electron chi connectivity index (χ2n) is 2.75. The van der Waals surface area contributed by atoms with Crippen molar-refractivity contribution in [1.82, 2.24) is 0 Å². The predicted octanol–water partition coefficient (Wildman–Crippen LogP) is 4.00. The third-order valence-electron chi connectivity index (χ3n) is 1.52. The van der Waals surface area contributed by atoms with Gasteiger partial charge in [0, 0.05) is 6.42 Å². The van der Waals surface area contributed by atoms with Crippen molar-refractivity contribution < 1.29 is 0 Å². The Morgan fingerprint density at radius 3 is 2.69 bits per heavy atom. The fraction of sp³-hybridized carbons (Fsp3) is 0.333. The van der Waals surface area contributed by atoms with E-state index in [4.69, 9.17) is 12.2 Å². The molecule has 0 bridgehead atoms. The molecule has 0 nitrogen and oxygen atoms in total. The van der Waals surface area contributed by atoms with Crippen LogP contribution in [-0.2, 0) is 0 Å². The molecule has 0 fully saturated rings. The SMILES string of the molecule is C=C/C=C(\C=C=CCC(C)=S)CC. The number of hydrogen-bond acceptors (Lipinski definition) is 1. The largest absolute Gasteiger partial charge is 0.125 e. The van der Waals surface area contributed by atoms with E-state index in [0.29, 0.717) is 0 Å². The van der Waals surface area contributed by atoms with Crippen LogP contribution < -0.4 is 0 Å². The molecule has 1 heteroatoms. The van der Waals surface area contributed by atoms with Crippen molar-refractivity contribution in [3.8, 4) is 0 Å². The van der Waals surface area contributed by atoms with Crippen LogP contribution in [0.2, 0.25) is 0 Å². The third kappa shape index (κ3) is 7.45. The molecule has 0 aliphatic heterocycles. The lowest BCUT2D eigenvalue weighted by Gasteiger charge is -1.90. The highest BCUT2D eigenvalue weighted by Crippen LogP contribution is 2.01. The summed E-state index contributed by atoms with van der Waals surface area (Å²) in [5.74, 6) is 0. The Balaban J connectivity index is 4.22. The van der Waals surface area contributed by atoms with E-state index in [1.54, 1.807) is 6.08 Å². The average Bonchev–Trinajstić information content (AvgIpc) is 2.10. The van der Waals surface area contributed by atoms with Gasteiger partial charge in [-0.3, -0.25) is 0 Å². The van der Waals surface area contributed by atoms with Crippen molar-refractivity contribution in [3.05, 3.63) is 42.2 Å². The van der Waals surface area contributed by atoms with E-state index in [0.717, 1.165) is 17.7 Å². The molecule has 0 saturated heterocycles. The lowest BCUT2D eigenvalue weighted by atomic mass is 10.2. The van der Waals surface area contributed by atoms with Crippen molar-refractivity contribution in [2.75, 3.05) is 0 Å². The molecular weight excluding hydrogens is 176 g/mol. The summed E-state index contributed by atoms with van der Waals surface area (Å²) in [6.07, 6.45) is 9.54. The summed E-state index contributed by atoms with van der Waals surface area (Å²) in [5, 5.41) is 0. The Hall–Kier alpha value is -0.910. The maximum Gasteiger partial charge on any atom is 0.00399 e. The zero-order valence-electron chi connectivity index (χ0n) is 8.34. The molecule has 0 unspecified atom stereocenters. The second kappa shape index (κ2) is 7.72. The van der Waals surface area contributed by atoms with Crippen molar-refractivity contribution >= 4 is 17.1 Å². The fourth-order valence-electron chi connectivity index (χ4n) is 0.788. The van der Waals surface area contributed by atoms with Gasteiger partial charge < -0.3 is 0 Å². The van der Waals surface area contributed by atoms with Crippen LogP contribution in [0.3, 0.4) is 0 Å². The van der Waals surface area contributed by atoms with Gasteiger partial charge in [0.15, 0.2) is 0 Å². The summed E-state index contributed by atoms with van der Waals surface area (Å²) < 4.78 is 0. The molecule has 0 aromatic heterocycles. The second-order valence-corrected chi connectivity index (χ2v) is 3.45. The summed E-state index contributed by atoms with van der Waals surface area (Å²) in [4.78, 5) is 0.992. The van der Waals surface area contributed by atoms with Crippen LogP contribution in [0.5, 0.6) is 0 Å². The Labute approximate surface area is 86.4 Å². The summed E-state index contributed by atoms with van der Waals surface area (Å²) in [6.45, 7) is 7.70. The topological polar surface area (TPSA) is 0 Å². The lowest BCUT2D eigenvalue weighted by Crippen LogP contribution is -1.78. The van der Waals surface area contributed by atoms with E-state index >= 15 is 0 Å². The van der Waals surface area contributed by atoms with Crippen LogP contribution in [0.25, 0.3) is 0 Å². The van der Waals surface area contributed by atoms with E-state index in [1.807, 2.05) is 25.2 Å². The van der Waals surface area contributed by atoms with Crippen LogP contribution in [0, 0.1) is 0 Å². The summed E-state index contributed by atoms with van der Waals surface area (Å²) in [6, 6.07) is 0. The molecule has 0 saturated carbocycles. The fourth-order valence-corrected chi connectivity index (χ4v) is 0.871. The van der Waals surface area contributed by atoms with Gasteiger partial charge in [0.1, 0.15) is 0 Å². The minimum absolute atomic E-state index is 0.830. The van der Waals surface area contributed by atoms with Crippen LogP contribution >= 0.6 is 12.2 Å². The maximum absolute atomic E-state index is 4.94. The summed E-state index contributed by atoms with van der Waals surface area (Å²) in [5.41, 5.74) is 4.33. The first-order valence-electron chi connectivity index (χ1n) is 4.42. The zero-order chi connectivity index (χ0) is 10.1. The number of hydrogen-bond donors (Lipinski definition) is 0. The number of thiocarbonyl (C=S) groups is 1. The highest BCUT2D eigenvalue weighted by atomic mass is 32.1. The first-order chi connectivity index (χ1) is 6.20. The molecule has 0 aromatic carbocycles. The molecular formula is C12H16S. The van der Waals surface area contributed by atoms with E-state index in [9.17, 15) is 0 Å². The van der Waals surface area contributed by atoms with Crippen LogP contribution in [0.4, 0.5) is 0 Å². The first-order valence-corrected chi connectivity index (χ1v) is 4.83. The molecule has 0 radical (unpaired) electrons. The standard InChI is InChI=1S/C12H16S/c1-4-8-12(5-2)10-7-6-9-11(3)13/h4,6,8,10H,1,5,9H2,2-3H3/b12-8-. The molecule has 13 heavy (non-hydrogen) atoms. The van der Waals surface area contributed by atoms with Gasteiger partial charge in [-0.1, -0.05) is 37.9 Å². The predicted molar refractivity (Wildman–Crippen MR) is 64.1 cm³/mol. The normalized spacial score (nSPS) is 10.2. The Morgan fingerprint density at radius 2 is 2.23 bits per heavy atom. The van der Waals surface area contributed by atoms with E-state index in [-0.39, 0.29) is 0 Å². The van der Waals surface area contributed by atoms with Crippen LogP contribution in [0.15, 0.2) is 42.2 Å². The van der Waals surface area contributed by atoms with Gasteiger partial charge >= 0.3 is 0 Å². The summed E-state index contributed by atoms with van der Waals surface area (Å²) in [7, 11) is 0. The van der Waals surface area contributed by atoms with Gasteiger partial charge in [-0.2, -0.15) is 0 Å². The molecule has 0 spiro atoms. The molecule has 0 N–H and O–H groups in total. The molecule has 0 rings (SSSR count). The zero-order valence-corrected chi connectivity index (χ0v) is 9.16. The molecule has 0 amide bonds. The molecule has 0 aliphatic rings. The van der Waals surface area contributed by atoms with Crippen LogP contribution in [-0.4, -0.2) is 4.86 Å². The van der Waals surface area contributed by atoms with E-state index in [1.165, 1.54) is 5.57 Å². The molecule has 0 heterocycles. The molecule has 0 atom stereocenters.